The van der Waals surface area contributed by atoms with Crippen molar-refractivity contribution < 1.29 is 13.5 Å². The van der Waals surface area contributed by atoms with E-state index in [4.69, 9.17) is 11.6 Å². The molecule has 0 spiro atoms. The number of H-pyrrole nitrogens is 1. The van der Waals surface area contributed by atoms with Crippen LogP contribution in [-0.2, 0) is 11.2 Å². The zero-order chi connectivity index (χ0) is 20.2. The van der Waals surface area contributed by atoms with Gasteiger partial charge in [-0.2, -0.15) is 8.78 Å². The van der Waals surface area contributed by atoms with Crippen molar-refractivity contribution in [3.8, 4) is 0 Å². The fourth-order valence-corrected chi connectivity index (χ4v) is 3.38. The van der Waals surface area contributed by atoms with Gasteiger partial charge in [0.1, 0.15) is 5.65 Å². The summed E-state index contributed by atoms with van der Waals surface area (Å²) in [6.07, 6.45) is 13.8. The maximum atomic E-state index is 12.5. The Morgan fingerprint density at radius 3 is 2.72 bits per heavy atom. The number of nitrogens with one attached hydrogen (secondary N) is 2. The van der Waals surface area contributed by atoms with Crippen molar-refractivity contribution in [2.45, 2.75) is 19.1 Å². The molecule has 0 saturated heterocycles. The molecule has 0 aromatic carbocycles. The number of pyridine rings is 1. The Labute approximate surface area is 170 Å². The summed E-state index contributed by atoms with van der Waals surface area (Å²) in [5, 5.41) is 4.61. The van der Waals surface area contributed by atoms with Crippen molar-refractivity contribution in [3.05, 3.63) is 71.3 Å². The van der Waals surface area contributed by atoms with Crippen LogP contribution in [0.4, 0.5) is 14.7 Å². The van der Waals surface area contributed by atoms with Gasteiger partial charge in [-0.15, -0.1) is 0 Å². The summed E-state index contributed by atoms with van der Waals surface area (Å²) in [5.41, 5.74) is 2.75. The van der Waals surface area contributed by atoms with Crippen LogP contribution in [0.1, 0.15) is 11.1 Å². The maximum absolute atomic E-state index is 12.5. The summed E-state index contributed by atoms with van der Waals surface area (Å²) < 4.78 is 29.7. The molecule has 3 heterocycles. The normalized spacial score (nSPS) is 18.6. The third-order valence-electron chi connectivity index (χ3n) is 4.63. The van der Waals surface area contributed by atoms with Gasteiger partial charge < -0.3 is 15.0 Å². The van der Waals surface area contributed by atoms with E-state index in [2.05, 4.69) is 30.0 Å². The van der Waals surface area contributed by atoms with Gasteiger partial charge in [-0.05, 0) is 17.2 Å². The molecule has 4 rings (SSSR count). The number of hydrogen-bond acceptors (Lipinski definition) is 5. The van der Waals surface area contributed by atoms with Gasteiger partial charge in [-0.25, -0.2) is 15.0 Å². The van der Waals surface area contributed by atoms with Gasteiger partial charge in [-0.1, -0.05) is 35.9 Å². The van der Waals surface area contributed by atoms with E-state index in [1.807, 2.05) is 24.4 Å². The van der Waals surface area contributed by atoms with Crippen molar-refractivity contribution in [1.82, 2.24) is 19.9 Å². The zero-order valence-corrected chi connectivity index (χ0v) is 16.0. The topological polar surface area (TPSA) is 75.7 Å². The predicted molar refractivity (Wildman–Crippen MR) is 107 cm³/mol. The Kier molecular flexibility index (Phi) is 5.82. The van der Waals surface area contributed by atoms with Crippen molar-refractivity contribution in [1.29, 1.82) is 0 Å². The summed E-state index contributed by atoms with van der Waals surface area (Å²) in [6, 6.07) is 1.87. The quantitative estimate of drug-likeness (QED) is 0.597. The molecule has 9 heteroatoms. The summed E-state index contributed by atoms with van der Waals surface area (Å²) in [5.74, 6) is 0.192. The highest BCUT2D eigenvalue weighted by Gasteiger charge is 2.22. The first-order valence-corrected chi connectivity index (χ1v) is 9.41. The van der Waals surface area contributed by atoms with E-state index in [0.717, 1.165) is 22.2 Å². The van der Waals surface area contributed by atoms with Gasteiger partial charge in [0.2, 0.25) is 5.95 Å². The standard InChI is InChI=1S/C20H18ClF2N5O/c21-15-6-16-14(10-24-18(16)25-11-15)5-12-7-26-20(27-8-12)28-9-13-3-1-2-4-17(13)29-19(22)23/h1-4,6-8,10-11,13,17,19H,5,9H2,(H,24,25)(H,26,27,28). The van der Waals surface area contributed by atoms with Gasteiger partial charge in [0.05, 0.1) is 11.1 Å². The monoisotopic (exact) mass is 417 g/mol. The van der Waals surface area contributed by atoms with Crippen LogP contribution in [0.3, 0.4) is 0 Å². The molecule has 29 heavy (non-hydrogen) atoms. The van der Waals surface area contributed by atoms with Crippen LogP contribution >= 0.6 is 11.6 Å². The van der Waals surface area contributed by atoms with Gasteiger partial charge >= 0.3 is 6.61 Å². The number of anilines is 1. The van der Waals surface area contributed by atoms with E-state index >= 15 is 0 Å². The van der Waals surface area contributed by atoms with Gasteiger partial charge in [0.15, 0.2) is 0 Å². The number of hydrogen-bond donors (Lipinski definition) is 2. The van der Waals surface area contributed by atoms with Gasteiger partial charge in [-0.3, -0.25) is 0 Å². The molecule has 0 bridgehead atoms. The Bertz CT molecular complexity index is 1040. The average molecular weight is 418 g/mol. The number of halogens is 3. The van der Waals surface area contributed by atoms with E-state index in [1.165, 1.54) is 0 Å². The number of ether oxygens (including phenoxy) is 1. The van der Waals surface area contributed by atoms with Crippen molar-refractivity contribution in [3.63, 3.8) is 0 Å². The Hall–Kier alpha value is -2.84. The van der Waals surface area contributed by atoms with Crippen LogP contribution in [0.25, 0.3) is 11.0 Å². The Morgan fingerprint density at radius 2 is 1.93 bits per heavy atom. The first kappa shape index (κ1) is 19.5. The van der Waals surface area contributed by atoms with Gasteiger partial charge in [0, 0.05) is 49.1 Å². The first-order chi connectivity index (χ1) is 14.1. The van der Waals surface area contributed by atoms with Crippen LogP contribution in [0.15, 0.2) is 55.2 Å². The first-order valence-electron chi connectivity index (χ1n) is 9.03. The largest absolute Gasteiger partial charge is 0.354 e. The highest BCUT2D eigenvalue weighted by Crippen LogP contribution is 2.23. The molecular weight excluding hydrogens is 400 g/mol. The number of allylic oxidation sites excluding steroid dienone is 2. The van der Waals surface area contributed by atoms with Crippen molar-refractivity contribution in [2.75, 3.05) is 11.9 Å². The molecule has 0 saturated carbocycles. The van der Waals surface area contributed by atoms with Crippen LogP contribution in [0, 0.1) is 5.92 Å². The molecule has 6 nitrogen and oxygen atoms in total. The third kappa shape index (κ3) is 4.78. The molecule has 3 aromatic rings. The van der Waals surface area contributed by atoms with E-state index in [0.29, 0.717) is 23.9 Å². The SMILES string of the molecule is FC(F)OC1C=CC=CC1CNc1ncc(Cc2c[nH]c3ncc(Cl)cc23)cn1. The van der Waals surface area contributed by atoms with Crippen LogP contribution < -0.4 is 5.32 Å². The fourth-order valence-electron chi connectivity index (χ4n) is 3.23. The lowest BCUT2D eigenvalue weighted by molar-refractivity contribution is -0.157. The molecule has 1 aliphatic rings. The number of alkyl halides is 2. The van der Waals surface area contributed by atoms with Crippen molar-refractivity contribution >= 4 is 28.6 Å². The van der Waals surface area contributed by atoms with E-state index in [1.54, 1.807) is 30.7 Å². The highest BCUT2D eigenvalue weighted by molar-refractivity contribution is 6.31. The highest BCUT2D eigenvalue weighted by atomic mass is 35.5. The summed E-state index contributed by atoms with van der Waals surface area (Å²) in [6.45, 7) is -2.44. The van der Waals surface area contributed by atoms with E-state index < -0.39 is 12.7 Å². The van der Waals surface area contributed by atoms with E-state index in [-0.39, 0.29) is 5.92 Å². The molecule has 0 radical (unpaired) electrons. The average Bonchev–Trinajstić information content (AvgIpc) is 3.10. The minimum Gasteiger partial charge on any atom is -0.354 e. The number of fused-ring (bicyclic) bond motifs is 1. The predicted octanol–water partition coefficient (Wildman–Crippen LogP) is 4.36. The smallest absolute Gasteiger partial charge is 0.345 e. The Morgan fingerprint density at radius 1 is 1.14 bits per heavy atom. The second-order valence-electron chi connectivity index (χ2n) is 6.63. The number of aromatic amines is 1. The lowest BCUT2D eigenvalue weighted by Gasteiger charge is -2.24. The zero-order valence-electron chi connectivity index (χ0n) is 15.2. The fraction of sp³-hybridized carbons (Fsp3) is 0.250. The number of aromatic nitrogens is 4. The van der Waals surface area contributed by atoms with Gasteiger partial charge in [0.25, 0.3) is 0 Å². The second-order valence-corrected chi connectivity index (χ2v) is 7.07. The van der Waals surface area contributed by atoms with E-state index in [9.17, 15) is 8.78 Å². The number of rotatable bonds is 7. The minimum absolute atomic E-state index is 0.235. The van der Waals surface area contributed by atoms with Crippen LogP contribution in [0.2, 0.25) is 5.02 Å². The molecule has 0 fully saturated rings. The third-order valence-corrected chi connectivity index (χ3v) is 4.84. The maximum Gasteiger partial charge on any atom is 0.345 e. The molecule has 150 valence electrons. The molecule has 3 aromatic heterocycles. The molecule has 2 N–H and O–H groups in total. The minimum atomic E-state index is -2.82. The second kappa shape index (κ2) is 8.67. The Balaban J connectivity index is 1.38. The van der Waals surface area contributed by atoms with Crippen molar-refractivity contribution in [2.24, 2.45) is 5.92 Å². The molecule has 0 aliphatic heterocycles. The molecule has 2 atom stereocenters. The number of nitrogens with zero attached hydrogens (tertiary/aromatic N) is 3. The summed E-state index contributed by atoms with van der Waals surface area (Å²) >= 11 is 6.04. The molecule has 1 aliphatic carbocycles. The summed E-state index contributed by atoms with van der Waals surface area (Å²) in [7, 11) is 0. The molecular formula is C20H18ClF2N5O. The van der Waals surface area contributed by atoms with Crippen LogP contribution in [-0.4, -0.2) is 39.2 Å². The lowest BCUT2D eigenvalue weighted by atomic mass is 9.97. The lowest BCUT2D eigenvalue weighted by Crippen LogP contribution is -2.30. The summed E-state index contributed by atoms with van der Waals surface area (Å²) in [4.78, 5) is 16.0. The van der Waals surface area contributed by atoms with Crippen LogP contribution in [0.5, 0.6) is 0 Å². The molecule has 0 amide bonds. The molecule has 2 unspecified atom stereocenters.